The highest BCUT2D eigenvalue weighted by atomic mass is 32.2. The monoisotopic (exact) mass is 628 g/mol. The fraction of sp³-hybridized carbons (Fsp3) is 0.452. The number of aromatic amines is 2. The molecule has 12 heteroatoms. The van der Waals surface area contributed by atoms with E-state index < -0.39 is 26.0 Å². The third kappa shape index (κ3) is 6.67. The van der Waals surface area contributed by atoms with Crippen LogP contribution in [0.25, 0.3) is 21.8 Å². The molecule has 2 aliphatic heterocycles. The number of rotatable bonds is 5. The van der Waals surface area contributed by atoms with E-state index in [4.69, 9.17) is 5.11 Å². The van der Waals surface area contributed by atoms with E-state index in [2.05, 4.69) is 37.7 Å². The molecule has 4 aromatic rings. The molecule has 0 amide bonds. The molecule has 43 heavy (non-hydrogen) atoms. The van der Waals surface area contributed by atoms with E-state index in [0.29, 0.717) is 65.6 Å². The van der Waals surface area contributed by atoms with Crippen molar-refractivity contribution in [2.24, 2.45) is 23.7 Å². The highest BCUT2D eigenvalue weighted by molar-refractivity contribution is 7.89. The van der Waals surface area contributed by atoms with Crippen LogP contribution in [0.3, 0.4) is 0 Å². The van der Waals surface area contributed by atoms with Crippen molar-refractivity contribution >= 4 is 47.8 Å². The molecule has 3 N–H and O–H groups in total. The summed E-state index contributed by atoms with van der Waals surface area (Å²) in [6.07, 6.45) is 3.96. The van der Waals surface area contributed by atoms with Gasteiger partial charge in [-0.25, -0.2) is 21.6 Å². The molecule has 232 valence electrons. The maximum absolute atomic E-state index is 12.9. The SMILES string of the molecule is CC1CC(C)CN(S(=O)(=O)c2ccc3[nH]c(C(=O)O)cc3c2)C1.CC1CC(C)CN(S(=O)(=O)c2ccc3[nH]ccc3c2)C1. The number of carboxylic acids is 1. The molecule has 0 bridgehead atoms. The van der Waals surface area contributed by atoms with E-state index in [0.717, 1.165) is 23.7 Å². The Morgan fingerprint density at radius 3 is 1.65 bits per heavy atom. The maximum atomic E-state index is 12.9. The average molecular weight is 629 g/mol. The van der Waals surface area contributed by atoms with Gasteiger partial charge >= 0.3 is 5.97 Å². The van der Waals surface area contributed by atoms with Crippen molar-refractivity contribution in [3.63, 3.8) is 0 Å². The summed E-state index contributed by atoms with van der Waals surface area (Å²) in [5.41, 5.74) is 1.63. The lowest BCUT2D eigenvalue weighted by molar-refractivity contribution is 0.0691. The summed E-state index contributed by atoms with van der Waals surface area (Å²) >= 11 is 0. The predicted octanol–water partition coefficient (Wildman–Crippen LogP) is 5.37. The minimum Gasteiger partial charge on any atom is -0.477 e. The first-order valence-electron chi connectivity index (χ1n) is 14.7. The van der Waals surface area contributed by atoms with Crippen molar-refractivity contribution in [1.82, 2.24) is 18.6 Å². The second-order valence-electron chi connectivity index (χ2n) is 12.5. The average Bonchev–Trinajstić information content (AvgIpc) is 3.59. The van der Waals surface area contributed by atoms with Crippen LogP contribution in [0.1, 0.15) is 51.0 Å². The number of carboxylic acid groups (broad SMARTS) is 1. The Morgan fingerprint density at radius 1 is 0.698 bits per heavy atom. The van der Waals surface area contributed by atoms with E-state index in [1.165, 1.54) is 22.5 Å². The Kier molecular flexibility index (Phi) is 8.77. The Morgan fingerprint density at radius 2 is 1.16 bits per heavy atom. The van der Waals surface area contributed by atoms with Crippen LogP contribution in [0, 0.1) is 23.7 Å². The highest BCUT2D eigenvalue weighted by Gasteiger charge is 2.33. The van der Waals surface area contributed by atoms with Crippen LogP contribution in [0.4, 0.5) is 0 Å². The highest BCUT2D eigenvalue weighted by Crippen LogP contribution is 2.30. The fourth-order valence-corrected chi connectivity index (χ4v) is 9.91. The number of sulfonamides is 2. The number of nitrogens with one attached hydrogen (secondary N) is 2. The van der Waals surface area contributed by atoms with E-state index in [9.17, 15) is 21.6 Å². The summed E-state index contributed by atoms with van der Waals surface area (Å²) in [6, 6.07) is 13.3. The number of aromatic nitrogens is 2. The first-order valence-corrected chi connectivity index (χ1v) is 17.6. The molecule has 0 aliphatic carbocycles. The zero-order valence-electron chi connectivity index (χ0n) is 24.9. The zero-order valence-corrected chi connectivity index (χ0v) is 26.6. The maximum Gasteiger partial charge on any atom is 0.352 e. The number of piperidine rings is 2. The van der Waals surface area contributed by atoms with Crippen LogP contribution >= 0.6 is 0 Å². The topological polar surface area (TPSA) is 144 Å². The molecule has 0 saturated carbocycles. The lowest BCUT2D eigenvalue weighted by Crippen LogP contribution is -2.42. The summed E-state index contributed by atoms with van der Waals surface area (Å²) in [4.78, 5) is 17.5. The van der Waals surface area contributed by atoms with Crippen molar-refractivity contribution in [1.29, 1.82) is 0 Å². The number of benzene rings is 2. The van der Waals surface area contributed by atoms with Crippen molar-refractivity contribution in [3.05, 3.63) is 60.4 Å². The number of carbonyl (C=O) groups is 1. The zero-order chi connectivity index (χ0) is 31.1. The summed E-state index contributed by atoms with van der Waals surface area (Å²) in [5, 5.41) is 10.5. The number of hydrogen-bond acceptors (Lipinski definition) is 5. The normalized spacial score (nSPS) is 24.1. The Labute approximate surface area is 253 Å². The molecule has 10 nitrogen and oxygen atoms in total. The first kappa shape index (κ1) is 31.2. The Balaban J connectivity index is 0.000000173. The molecule has 4 atom stereocenters. The van der Waals surface area contributed by atoms with Crippen molar-refractivity contribution in [3.8, 4) is 0 Å². The van der Waals surface area contributed by atoms with Crippen LogP contribution in [0.2, 0.25) is 0 Å². The van der Waals surface area contributed by atoms with Crippen LogP contribution in [-0.2, 0) is 20.0 Å². The number of aromatic carboxylic acids is 1. The molecule has 6 rings (SSSR count). The number of H-pyrrole nitrogens is 2. The van der Waals surface area contributed by atoms with E-state index in [-0.39, 0.29) is 10.6 Å². The molecular formula is C31H40N4O6S2. The van der Waals surface area contributed by atoms with Gasteiger partial charge in [-0.3, -0.25) is 0 Å². The van der Waals surface area contributed by atoms with E-state index in [1.807, 2.05) is 18.3 Å². The van der Waals surface area contributed by atoms with Gasteiger partial charge in [0.2, 0.25) is 20.0 Å². The van der Waals surface area contributed by atoms with Crippen LogP contribution in [0.15, 0.2) is 64.5 Å². The molecule has 2 saturated heterocycles. The molecule has 4 unspecified atom stereocenters. The third-order valence-electron chi connectivity index (χ3n) is 8.29. The van der Waals surface area contributed by atoms with Gasteiger partial charge in [-0.2, -0.15) is 8.61 Å². The van der Waals surface area contributed by atoms with E-state index in [1.54, 1.807) is 22.5 Å². The Bertz CT molecular complexity index is 1830. The van der Waals surface area contributed by atoms with Crippen molar-refractivity contribution in [2.75, 3.05) is 26.2 Å². The van der Waals surface area contributed by atoms with Gasteiger partial charge in [0.15, 0.2) is 0 Å². The lowest BCUT2D eigenvalue weighted by Gasteiger charge is -2.34. The van der Waals surface area contributed by atoms with Gasteiger partial charge in [0.05, 0.1) is 9.79 Å². The molecule has 2 aromatic heterocycles. The first-order chi connectivity index (χ1) is 20.2. The van der Waals surface area contributed by atoms with Crippen LogP contribution in [-0.4, -0.2) is 72.7 Å². The molecule has 4 heterocycles. The van der Waals surface area contributed by atoms with Gasteiger partial charge in [-0.1, -0.05) is 27.7 Å². The number of fused-ring (bicyclic) bond motifs is 2. The number of hydrogen-bond donors (Lipinski definition) is 3. The predicted molar refractivity (Wildman–Crippen MR) is 167 cm³/mol. The largest absolute Gasteiger partial charge is 0.477 e. The fourth-order valence-electron chi connectivity index (χ4n) is 6.48. The molecule has 0 spiro atoms. The minimum atomic E-state index is -3.56. The van der Waals surface area contributed by atoms with E-state index >= 15 is 0 Å². The molecule has 0 radical (unpaired) electrons. The van der Waals surface area contributed by atoms with Gasteiger partial charge < -0.3 is 15.1 Å². The van der Waals surface area contributed by atoms with Crippen molar-refractivity contribution in [2.45, 2.75) is 50.3 Å². The summed E-state index contributed by atoms with van der Waals surface area (Å²) in [5.74, 6) is 0.449. The quantitative estimate of drug-likeness (QED) is 0.271. The summed E-state index contributed by atoms with van der Waals surface area (Å²) < 4.78 is 54.4. The van der Waals surface area contributed by atoms with Gasteiger partial charge in [0.1, 0.15) is 5.69 Å². The standard InChI is InChI=1S/C16H20N2O4S.C15H20N2O2S/c1-10-5-11(2)9-18(8-10)23(21,22)13-3-4-14-12(6-13)7-15(17-14)16(19)20;1-11-7-12(2)10-17(9-11)20(18,19)14-3-4-15-13(8-14)5-6-16-15/h3-4,6-7,10-11,17H,5,8-9H2,1-2H3,(H,19,20);3-6,8,11-12,16H,7,9-10H2,1-2H3. The van der Waals surface area contributed by atoms with Crippen LogP contribution < -0.4 is 0 Å². The second-order valence-corrected chi connectivity index (χ2v) is 16.4. The molecule has 2 fully saturated rings. The summed E-state index contributed by atoms with van der Waals surface area (Å²) in [7, 11) is -6.94. The number of nitrogens with zero attached hydrogens (tertiary/aromatic N) is 2. The Hall–Kier alpha value is -3.19. The van der Waals surface area contributed by atoms with Gasteiger partial charge in [0.25, 0.3) is 0 Å². The molecule has 2 aromatic carbocycles. The molecular weight excluding hydrogens is 588 g/mol. The minimum absolute atomic E-state index is 0.0507. The van der Waals surface area contributed by atoms with Gasteiger partial charge in [0, 0.05) is 54.2 Å². The lowest BCUT2D eigenvalue weighted by atomic mass is 9.94. The van der Waals surface area contributed by atoms with Crippen LogP contribution in [0.5, 0.6) is 0 Å². The van der Waals surface area contributed by atoms with Gasteiger partial charge in [-0.05, 0) is 85.0 Å². The van der Waals surface area contributed by atoms with Crippen molar-refractivity contribution < 1.29 is 26.7 Å². The third-order valence-corrected chi connectivity index (χ3v) is 11.9. The second kappa shape index (κ2) is 12.1. The smallest absolute Gasteiger partial charge is 0.352 e. The molecule has 2 aliphatic rings. The summed E-state index contributed by atoms with van der Waals surface area (Å²) in [6.45, 7) is 10.7. The van der Waals surface area contributed by atoms with Gasteiger partial charge in [-0.15, -0.1) is 0 Å².